The van der Waals surface area contributed by atoms with Crippen molar-refractivity contribution in [2.45, 2.75) is 38.8 Å². The van der Waals surface area contributed by atoms with Gasteiger partial charge in [-0.15, -0.1) is 0 Å². The third kappa shape index (κ3) is 4.12. The average molecular weight is 211 g/mol. The maximum atomic E-state index is 10.4. The van der Waals surface area contributed by atoms with Crippen molar-refractivity contribution in [2.75, 3.05) is 0 Å². The zero-order valence-electron chi connectivity index (χ0n) is 9.03. The smallest absolute Gasteiger partial charge is 0.303 e. The topological polar surface area (TPSA) is 78.0 Å². The molecule has 0 aliphatic heterocycles. The molecule has 0 aromatic carbocycles. The van der Waals surface area contributed by atoms with Crippen molar-refractivity contribution in [2.24, 2.45) is 0 Å². The van der Waals surface area contributed by atoms with Crippen molar-refractivity contribution in [3.8, 4) is 0 Å². The summed E-state index contributed by atoms with van der Waals surface area (Å²) >= 11 is 0. The summed E-state index contributed by atoms with van der Waals surface area (Å²) in [5.41, 5.74) is 0. The van der Waals surface area contributed by atoms with E-state index in [1.807, 2.05) is 13.8 Å². The van der Waals surface area contributed by atoms with Crippen LogP contribution in [0.25, 0.3) is 0 Å². The van der Waals surface area contributed by atoms with Crippen LogP contribution in [-0.2, 0) is 4.79 Å². The van der Waals surface area contributed by atoms with Crippen LogP contribution >= 0.6 is 0 Å². The molecule has 1 aromatic rings. The molecule has 0 radical (unpaired) electrons. The van der Waals surface area contributed by atoms with Gasteiger partial charge in [-0.25, -0.2) is 4.98 Å². The molecule has 5 heteroatoms. The molecule has 3 N–H and O–H groups in total. The van der Waals surface area contributed by atoms with Gasteiger partial charge in [0.05, 0.1) is 6.04 Å². The summed E-state index contributed by atoms with van der Waals surface area (Å²) in [5.74, 6) is 0.117. The van der Waals surface area contributed by atoms with Crippen LogP contribution in [-0.4, -0.2) is 27.1 Å². The van der Waals surface area contributed by atoms with E-state index < -0.39 is 5.97 Å². The SMILES string of the molecule is CC(CCC(=O)O)NC(C)c1ncc[nH]1. The Morgan fingerprint density at radius 2 is 2.40 bits per heavy atom. The Labute approximate surface area is 88.9 Å². The van der Waals surface area contributed by atoms with Gasteiger partial charge in [0.25, 0.3) is 0 Å². The largest absolute Gasteiger partial charge is 0.481 e. The van der Waals surface area contributed by atoms with Crippen molar-refractivity contribution in [1.29, 1.82) is 0 Å². The highest BCUT2D eigenvalue weighted by Crippen LogP contribution is 2.08. The molecule has 15 heavy (non-hydrogen) atoms. The van der Waals surface area contributed by atoms with Gasteiger partial charge in [0.1, 0.15) is 5.82 Å². The summed E-state index contributed by atoms with van der Waals surface area (Å²) in [6, 6.07) is 0.282. The number of aromatic nitrogens is 2. The predicted molar refractivity (Wildman–Crippen MR) is 56.5 cm³/mol. The Bertz CT molecular complexity index is 298. The minimum absolute atomic E-state index is 0.115. The molecule has 5 nitrogen and oxygen atoms in total. The molecule has 0 aliphatic carbocycles. The highest BCUT2D eigenvalue weighted by Gasteiger charge is 2.11. The second-order valence-electron chi connectivity index (χ2n) is 3.70. The third-order valence-electron chi connectivity index (χ3n) is 2.26. The van der Waals surface area contributed by atoms with E-state index in [-0.39, 0.29) is 18.5 Å². The number of rotatable bonds is 6. The van der Waals surface area contributed by atoms with E-state index in [1.54, 1.807) is 12.4 Å². The lowest BCUT2D eigenvalue weighted by atomic mass is 10.1. The highest BCUT2D eigenvalue weighted by atomic mass is 16.4. The van der Waals surface area contributed by atoms with Gasteiger partial charge >= 0.3 is 5.97 Å². The normalized spacial score (nSPS) is 14.8. The molecule has 0 amide bonds. The van der Waals surface area contributed by atoms with Gasteiger partial charge in [-0.1, -0.05) is 0 Å². The minimum Gasteiger partial charge on any atom is -0.481 e. The van der Waals surface area contributed by atoms with Gasteiger partial charge in [-0.3, -0.25) is 4.79 Å². The average Bonchev–Trinajstić information content (AvgIpc) is 2.67. The molecule has 0 saturated carbocycles. The summed E-state index contributed by atoms with van der Waals surface area (Å²) in [6.45, 7) is 3.97. The Morgan fingerprint density at radius 3 is 2.93 bits per heavy atom. The maximum Gasteiger partial charge on any atom is 0.303 e. The zero-order valence-corrected chi connectivity index (χ0v) is 9.03. The molecule has 1 aromatic heterocycles. The van der Waals surface area contributed by atoms with E-state index in [2.05, 4.69) is 15.3 Å². The Balaban J connectivity index is 2.31. The summed E-state index contributed by atoms with van der Waals surface area (Å²) < 4.78 is 0. The quantitative estimate of drug-likeness (QED) is 0.663. The molecule has 2 atom stereocenters. The van der Waals surface area contributed by atoms with Crippen LogP contribution in [0.4, 0.5) is 0 Å². The number of hydrogen-bond donors (Lipinski definition) is 3. The first-order valence-electron chi connectivity index (χ1n) is 5.06. The fourth-order valence-corrected chi connectivity index (χ4v) is 1.44. The lowest BCUT2D eigenvalue weighted by Gasteiger charge is -2.17. The summed E-state index contributed by atoms with van der Waals surface area (Å²) in [7, 11) is 0. The molecule has 0 bridgehead atoms. The molecular formula is C10H17N3O2. The molecule has 0 saturated heterocycles. The predicted octanol–water partition coefficient (Wildman–Crippen LogP) is 1.31. The molecule has 0 fully saturated rings. The first-order chi connectivity index (χ1) is 7.09. The number of hydrogen-bond acceptors (Lipinski definition) is 3. The summed E-state index contributed by atoms with van der Waals surface area (Å²) in [6.07, 6.45) is 4.30. The second-order valence-corrected chi connectivity index (χ2v) is 3.70. The van der Waals surface area contributed by atoms with E-state index in [9.17, 15) is 4.79 Å². The fraction of sp³-hybridized carbons (Fsp3) is 0.600. The standard InChI is InChI=1S/C10H17N3O2/c1-7(3-4-9(14)15)13-8(2)10-11-5-6-12-10/h5-8,13H,3-4H2,1-2H3,(H,11,12)(H,14,15). The van der Waals surface area contributed by atoms with Crippen LogP contribution in [0.1, 0.15) is 38.6 Å². The Kier molecular flexibility index (Phi) is 4.30. The molecule has 1 rings (SSSR count). The van der Waals surface area contributed by atoms with Crippen LogP contribution in [0.15, 0.2) is 12.4 Å². The first kappa shape index (κ1) is 11.7. The van der Waals surface area contributed by atoms with Crippen LogP contribution in [0.2, 0.25) is 0 Å². The number of nitrogens with zero attached hydrogens (tertiary/aromatic N) is 1. The fourth-order valence-electron chi connectivity index (χ4n) is 1.44. The lowest BCUT2D eigenvalue weighted by Crippen LogP contribution is -2.30. The van der Waals surface area contributed by atoms with Gasteiger partial charge in [0, 0.05) is 24.9 Å². The van der Waals surface area contributed by atoms with E-state index in [4.69, 9.17) is 5.11 Å². The highest BCUT2D eigenvalue weighted by molar-refractivity contribution is 5.66. The number of aromatic amines is 1. The molecular weight excluding hydrogens is 194 g/mol. The van der Waals surface area contributed by atoms with Crippen molar-refractivity contribution in [1.82, 2.24) is 15.3 Å². The van der Waals surface area contributed by atoms with Gasteiger partial charge < -0.3 is 15.4 Å². The van der Waals surface area contributed by atoms with E-state index >= 15 is 0 Å². The number of carboxylic acid groups (broad SMARTS) is 1. The Morgan fingerprint density at radius 1 is 1.67 bits per heavy atom. The van der Waals surface area contributed by atoms with Gasteiger partial charge in [-0.05, 0) is 20.3 Å². The minimum atomic E-state index is -0.755. The molecule has 0 spiro atoms. The van der Waals surface area contributed by atoms with Crippen LogP contribution in [0.5, 0.6) is 0 Å². The number of imidazole rings is 1. The van der Waals surface area contributed by atoms with Gasteiger partial charge in [-0.2, -0.15) is 0 Å². The third-order valence-corrected chi connectivity index (χ3v) is 2.26. The van der Waals surface area contributed by atoms with Crippen LogP contribution in [0.3, 0.4) is 0 Å². The van der Waals surface area contributed by atoms with Crippen LogP contribution < -0.4 is 5.32 Å². The summed E-state index contributed by atoms with van der Waals surface area (Å²) in [5, 5.41) is 11.8. The van der Waals surface area contributed by atoms with E-state index in [0.717, 1.165) is 5.82 Å². The molecule has 2 unspecified atom stereocenters. The van der Waals surface area contributed by atoms with Gasteiger partial charge in [0.2, 0.25) is 0 Å². The van der Waals surface area contributed by atoms with Crippen molar-refractivity contribution in [3.05, 3.63) is 18.2 Å². The molecule has 84 valence electrons. The van der Waals surface area contributed by atoms with Crippen molar-refractivity contribution < 1.29 is 9.90 Å². The van der Waals surface area contributed by atoms with Crippen molar-refractivity contribution in [3.63, 3.8) is 0 Å². The van der Waals surface area contributed by atoms with E-state index in [0.29, 0.717) is 6.42 Å². The zero-order chi connectivity index (χ0) is 11.3. The monoisotopic (exact) mass is 211 g/mol. The molecule has 0 aliphatic rings. The maximum absolute atomic E-state index is 10.4. The van der Waals surface area contributed by atoms with Gasteiger partial charge in [0.15, 0.2) is 0 Å². The van der Waals surface area contributed by atoms with Crippen molar-refractivity contribution >= 4 is 5.97 Å². The lowest BCUT2D eigenvalue weighted by molar-refractivity contribution is -0.137. The number of H-pyrrole nitrogens is 1. The number of carboxylic acids is 1. The number of nitrogens with one attached hydrogen (secondary N) is 2. The summed E-state index contributed by atoms with van der Waals surface area (Å²) in [4.78, 5) is 17.5. The first-order valence-corrected chi connectivity index (χ1v) is 5.06. The number of carbonyl (C=O) groups is 1. The number of aliphatic carboxylic acids is 1. The molecule has 1 heterocycles. The Hall–Kier alpha value is -1.36. The second kappa shape index (κ2) is 5.50. The van der Waals surface area contributed by atoms with Crippen LogP contribution in [0, 0.1) is 0 Å². The van der Waals surface area contributed by atoms with E-state index in [1.165, 1.54) is 0 Å².